The third kappa shape index (κ3) is 2.66. The summed E-state index contributed by atoms with van der Waals surface area (Å²) in [4.78, 5) is 13.1. The Hall–Kier alpha value is -1.17. The number of rotatable bonds is 4. The van der Waals surface area contributed by atoms with E-state index in [4.69, 9.17) is 4.74 Å². The number of thiophene rings is 2. The molecule has 0 fully saturated rings. The van der Waals surface area contributed by atoms with Gasteiger partial charge in [0.2, 0.25) is 0 Å². The molecule has 5 heteroatoms. The zero-order valence-corrected chi connectivity index (χ0v) is 13.9. The van der Waals surface area contributed by atoms with Crippen molar-refractivity contribution >= 4 is 53.8 Å². The van der Waals surface area contributed by atoms with Crippen LogP contribution in [0.3, 0.4) is 0 Å². The summed E-state index contributed by atoms with van der Waals surface area (Å²) in [6.07, 6.45) is 0.413. The highest BCUT2D eigenvalue weighted by Gasteiger charge is 2.12. The lowest BCUT2D eigenvalue weighted by Gasteiger charge is -2.05. The molecule has 0 saturated heterocycles. The second-order valence-electron chi connectivity index (χ2n) is 4.33. The number of benzene rings is 1. The van der Waals surface area contributed by atoms with Crippen molar-refractivity contribution in [3.8, 4) is 5.75 Å². The molecule has 0 amide bonds. The van der Waals surface area contributed by atoms with Gasteiger partial charge in [-0.05, 0) is 51.1 Å². The number of fused-ring (bicyclic) bond motifs is 1. The summed E-state index contributed by atoms with van der Waals surface area (Å²) >= 11 is 6.68. The van der Waals surface area contributed by atoms with Crippen molar-refractivity contribution in [1.82, 2.24) is 0 Å². The van der Waals surface area contributed by atoms with E-state index in [-0.39, 0.29) is 5.78 Å². The van der Waals surface area contributed by atoms with Crippen LogP contribution in [-0.4, -0.2) is 12.9 Å². The monoisotopic (exact) mass is 366 g/mol. The van der Waals surface area contributed by atoms with Gasteiger partial charge in [-0.1, -0.05) is 6.07 Å². The third-order valence-corrected chi connectivity index (χ3v) is 5.75. The first-order valence-electron chi connectivity index (χ1n) is 6.00. The predicted molar refractivity (Wildman–Crippen MR) is 88.4 cm³/mol. The molecule has 0 aliphatic carbocycles. The number of hydrogen-bond donors (Lipinski definition) is 0. The molecule has 0 bridgehead atoms. The Morgan fingerprint density at radius 1 is 1.25 bits per heavy atom. The lowest BCUT2D eigenvalue weighted by molar-refractivity contribution is 0.0997. The number of hydrogen-bond acceptors (Lipinski definition) is 4. The highest BCUT2D eigenvalue weighted by molar-refractivity contribution is 9.10. The van der Waals surface area contributed by atoms with E-state index in [0.29, 0.717) is 6.42 Å². The van der Waals surface area contributed by atoms with Crippen LogP contribution in [0, 0.1) is 0 Å². The first-order valence-corrected chi connectivity index (χ1v) is 8.49. The molecular formula is C15H11BrO2S2. The van der Waals surface area contributed by atoms with Gasteiger partial charge in [0.25, 0.3) is 0 Å². The molecule has 0 aliphatic rings. The highest BCUT2D eigenvalue weighted by Crippen LogP contribution is 2.31. The molecule has 2 nitrogen and oxygen atoms in total. The van der Waals surface area contributed by atoms with Gasteiger partial charge >= 0.3 is 0 Å². The van der Waals surface area contributed by atoms with E-state index in [1.807, 2.05) is 24.3 Å². The fraction of sp³-hybridized carbons (Fsp3) is 0.133. The number of carbonyl (C=O) groups excluding carboxylic acids is 1. The van der Waals surface area contributed by atoms with Crippen molar-refractivity contribution in [2.24, 2.45) is 0 Å². The summed E-state index contributed by atoms with van der Waals surface area (Å²) in [5.74, 6) is 0.938. The van der Waals surface area contributed by atoms with Crippen LogP contribution < -0.4 is 4.74 Å². The Kier molecular flexibility index (Phi) is 3.92. The summed E-state index contributed by atoms with van der Waals surface area (Å²) in [5.41, 5.74) is 0.986. The molecule has 102 valence electrons. The van der Waals surface area contributed by atoms with Gasteiger partial charge in [0.05, 0.1) is 16.5 Å². The van der Waals surface area contributed by atoms with Crippen molar-refractivity contribution in [1.29, 1.82) is 0 Å². The average Bonchev–Trinajstić information content (AvgIpc) is 2.99. The Bertz CT molecular complexity index is 745. The molecule has 2 heterocycles. The maximum Gasteiger partial charge on any atom is 0.177 e. The van der Waals surface area contributed by atoms with Crippen LogP contribution in [0.2, 0.25) is 0 Å². The lowest BCUT2D eigenvalue weighted by Crippen LogP contribution is -2.01. The third-order valence-electron chi connectivity index (χ3n) is 3.00. The van der Waals surface area contributed by atoms with Gasteiger partial charge < -0.3 is 4.74 Å². The first kappa shape index (κ1) is 13.8. The molecule has 0 unspecified atom stereocenters. The van der Waals surface area contributed by atoms with Gasteiger partial charge in [-0.15, -0.1) is 22.7 Å². The Morgan fingerprint density at radius 3 is 2.80 bits per heavy atom. The summed E-state index contributed by atoms with van der Waals surface area (Å²) in [6.45, 7) is 0. The van der Waals surface area contributed by atoms with E-state index >= 15 is 0 Å². The molecule has 0 atom stereocenters. The molecule has 3 rings (SSSR count). The summed E-state index contributed by atoms with van der Waals surface area (Å²) in [5, 5.41) is 2.05. The number of ketones is 1. The lowest BCUT2D eigenvalue weighted by atomic mass is 10.1. The van der Waals surface area contributed by atoms with Gasteiger partial charge in [0.15, 0.2) is 5.78 Å². The minimum absolute atomic E-state index is 0.162. The smallest absolute Gasteiger partial charge is 0.177 e. The summed E-state index contributed by atoms with van der Waals surface area (Å²) < 4.78 is 8.44. The molecule has 0 spiro atoms. The van der Waals surface area contributed by atoms with Crippen LogP contribution in [0.15, 0.2) is 40.2 Å². The number of methoxy groups -OCH3 is 1. The van der Waals surface area contributed by atoms with E-state index in [1.54, 1.807) is 29.8 Å². The topological polar surface area (TPSA) is 26.3 Å². The van der Waals surface area contributed by atoms with E-state index in [0.717, 1.165) is 20.7 Å². The number of carbonyl (C=O) groups is 1. The van der Waals surface area contributed by atoms with Crippen molar-refractivity contribution in [2.75, 3.05) is 7.11 Å². The number of ether oxygens (including phenoxy) is 1. The van der Waals surface area contributed by atoms with E-state index in [9.17, 15) is 4.79 Å². The SMILES string of the molecule is COc1ccc(CC(=O)c2cc3sccc3s2)cc1Br. The summed E-state index contributed by atoms with van der Waals surface area (Å²) in [6, 6.07) is 9.79. The van der Waals surface area contributed by atoms with Crippen molar-refractivity contribution < 1.29 is 9.53 Å². The maximum atomic E-state index is 12.3. The molecule has 0 radical (unpaired) electrons. The van der Waals surface area contributed by atoms with Crippen molar-refractivity contribution in [3.05, 3.63) is 50.6 Å². The van der Waals surface area contributed by atoms with Crippen LogP contribution in [0.4, 0.5) is 0 Å². The van der Waals surface area contributed by atoms with Crippen LogP contribution in [0.1, 0.15) is 15.2 Å². The van der Waals surface area contributed by atoms with Crippen LogP contribution in [-0.2, 0) is 6.42 Å². The van der Waals surface area contributed by atoms with Gasteiger partial charge in [-0.2, -0.15) is 0 Å². The van der Waals surface area contributed by atoms with Gasteiger partial charge in [-0.3, -0.25) is 4.79 Å². The van der Waals surface area contributed by atoms with Crippen molar-refractivity contribution in [3.63, 3.8) is 0 Å². The average molecular weight is 367 g/mol. The maximum absolute atomic E-state index is 12.3. The Morgan fingerprint density at radius 2 is 2.10 bits per heavy atom. The Balaban J connectivity index is 1.81. The highest BCUT2D eigenvalue weighted by atomic mass is 79.9. The molecule has 0 N–H and O–H groups in total. The van der Waals surface area contributed by atoms with E-state index in [2.05, 4.69) is 27.4 Å². The molecule has 0 aliphatic heterocycles. The minimum atomic E-state index is 0.162. The first-order chi connectivity index (χ1) is 9.67. The number of halogens is 1. The Labute approximate surface area is 133 Å². The van der Waals surface area contributed by atoms with E-state index < -0.39 is 0 Å². The fourth-order valence-electron chi connectivity index (χ4n) is 2.00. The van der Waals surface area contributed by atoms with Gasteiger partial charge in [0.1, 0.15) is 5.75 Å². The fourth-order valence-corrected chi connectivity index (χ4v) is 4.63. The van der Waals surface area contributed by atoms with Gasteiger partial charge in [-0.25, -0.2) is 0 Å². The molecule has 0 saturated carbocycles. The van der Waals surface area contributed by atoms with Gasteiger partial charge in [0, 0.05) is 15.8 Å². The zero-order valence-electron chi connectivity index (χ0n) is 10.7. The zero-order chi connectivity index (χ0) is 14.1. The second-order valence-corrected chi connectivity index (χ2v) is 7.21. The molecule has 20 heavy (non-hydrogen) atoms. The molecule has 3 aromatic rings. The molecule has 1 aromatic carbocycles. The van der Waals surface area contributed by atoms with Crippen molar-refractivity contribution in [2.45, 2.75) is 6.42 Å². The van der Waals surface area contributed by atoms with Crippen LogP contribution >= 0.6 is 38.6 Å². The normalized spacial score (nSPS) is 10.9. The summed E-state index contributed by atoms with van der Waals surface area (Å²) in [7, 11) is 1.63. The predicted octanol–water partition coefficient (Wildman–Crippen LogP) is 5.16. The molecular weight excluding hydrogens is 356 g/mol. The van der Waals surface area contributed by atoms with Crippen LogP contribution in [0.5, 0.6) is 5.75 Å². The standard InChI is InChI=1S/C15H11BrO2S2/c1-18-12-3-2-9(6-10(12)16)7-11(17)14-8-15-13(20-14)4-5-19-15/h2-6,8H,7H2,1H3. The molecule has 2 aromatic heterocycles. The quantitative estimate of drug-likeness (QED) is 0.596. The van der Waals surface area contributed by atoms with Crippen LogP contribution in [0.25, 0.3) is 9.40 Å². The largest absolute Gasteiger partial charge is 0.496 e. The number of Topliss-reactive ketones (excluding diaryl/α,β-unsaturated/α-hetero) is 1. The second kappa shape index (κ2) is 5.68. The minimum Gasteiger partial charge on any atom is -0.496 e. The van der Waals surface area contributed by atoms with E-state index in [1.165, 1.54) is 9.40 Å².